The van der Waals surface area contributed by atoms with Gasteiger partial charge in [0, 0.05) is 13.0 Å². The summed E-state index contributed by atoms with van der Waals surface area (Å²) in [6.45, 7) is 3.74. The zero-order valence-corrected chi connectivity index (χ0v) is 33.5. The maximum Gasteiger partial charge on any atom is 0.472 e. The zero-order chi connectivity index (χ0) is 38.4. The highest BCUT2D eigenvalue weighted by atomic mass is 31.2. The van der Waals surface area contributed by atoms with Crippen LogP contribution < -0.4 is 5.73 Å². The first-order valence-corrected chi connectivity index (χ1v) is 21.7. The number of unbranched alkanes of at least 4 members (excludes halogenated alkanes) is 16. The Hall–Kier alpha value is -2.07. The maximum atomic E-state index is 12.6. The van der Waals surface area contributed by atoms with Gasteiger partial charge in [-0.2, -0.15) is 0 Å². The summed E-state index contributed by atoms with van der Waals surface area (Å²) >= 11 is 0. The van der Waals surface area contributed by atoms with Crippen LogP contribution in [0.3, 0.4) is 0 Å². The lowest BCUT2D eigenvalue weighted by atomic mass is 10.1. The summed E-state index contributed by atoms with van der Waals surface area (Å²) in [6.07, 6.45) is 41.6. The molecule has 0 aliphatic rings. The van der Waals surface area contributed by atoms with Crippen molar-refractivity contribution in [2.75, 3.05) is 26.4 Å². The number of nitrogens with two attached hydrogens (primary N) is 1. The van der Waals surface area contributed by atoms with E-state index in [0.29, 0.717) is 13.0 Å². The Kier molecular flexibility index (Phi) is 35.8. The summed E-state index contributed by atoms with van der Waals surface area (Å²) in [5, 5.41) is 8.87. The molecule has 4 N–H and O–H groups in total. The normalized spacial score (nSPS) is 14.5. The fraction of sp³-hybridized carbons (Fsp3) is 0.756. The van der Waals surface area contributed by atoms with E-state index in [1.54, 1.807) is 0 Å². The molecule has 10 nitrogen and oxygen atoms in total. The first-order chi connectivity index (χ1) is 25.2. The molecule has 0 aliphatic heterocycles. The molecule has 0 aliphatic carbocycles. The van der Waals surface area contributed by atoms with Crippen LogP contribution in [0.1, 0.15) is 162 Å². The number of aliphatic carboxylic acids is 1. The number of ether oxygens (including phenoxy) is 2. The first kappa shape index (κ1) is 49.9. The molecule has 0 aromatic rings. The van der Waals surface area contributed by atoms with Gasteiger partial charge in [-0.3, -0.25) is 18.6 Å². The fourth-order valence-corrected chi connectivity index (χ4v) is 5.92. The average Bonchev–Trinajstić information content (AvgIpc) is 3.12. The molecule has 0 aromatic heterocycles. The van der Waals surface area contributed by atoms with E-state index in [4.69, 9.17) is 29.4 Å². The predicted octanol–water partition coefficient (Wildman–Crippen LogP) is 10.7. The molecule has 0 rings (SSSR count). The van der Waals surface area contributed by atoms with Gasteiger partial charge in [0.25, 0.3) is 0 Å². The Labute approximate surface area is 316 Å². The summed E-state index contributed by atoms with van der Waals surface area (Å²) in [5.41, 5.74) is 5.34. The van der Waals surface area contributed by atoms with Crippen LogP contribution in [-0.4, -0.2) is 60.5 Å². The van der Waals surface area contributed by atoms with E-state index in [9.17, 15) is 19.0 Å². The summed E-state index contributed by atoms with van der Waals surface area (Å²) in [5.74, 6) is -1.80. The molecule has 0 heterocycles. The minimum absolute atomic E-state index is 0.00265. The van der Waals surface area contributed by atoms with Gasteiger partial charge in [-0.1, -0.05) is 133 Å². The first-order valence-electron chi connectivity index (χ1n) is 20.2. The van der Waals surface area contributed by atoms with Gasteiger partial charge in [0.1, 0.15) is 12.1 Å². The number of esters is 1. The largest absolute Gasteiger partial charge is 0.480 e. The van der Waals surface area contributed by atoms with Crippen molar-refractivity contribution in [1.82, 2.24) is 0 Å². The van der Waals surface area contributed by atoms with Gasteiger partial charge in [0.05, 0.1) is 19.8 Å². The molecule has 302 valence electrons. The monoisotopic (exact) mass is 756 g/mol. The molecule has 0 bridgehead atoms. The molecular weight excluding hydrogens is 681 g/mol. The van der Waals surface area contributed by atoms with Crippen LogP contribution in [-0.2, 0) is 32.7 Å². The Morgan fingerprint density at radius 3 is 1.63 bits per heavy atom. The van der Waals surface area contributed by atoms with Crippen molar-refractivity contribution < 1.29 is 42.7 Å². The standard InChI is InChI=1S/C41H74NO9P/c1-3-5-7-9-11-13-15-17-18-19-20-22-24-26-28-30-32-34-48-35-38(36-49-52(46,47)50-37-39(42)41(44)45)51-40(43)33-31-29-27-25-23-21-16-14-12-10-8-6-4-2/h8,10,13-16,18-19,38-39H,3-7,9,11-12,17,20-37,42H2,1-2H3,(H,44,45)(H,46,47)/b10-8-,15-13-,16-14-,19-18-. The van der Waals surface area contributed by atoms with Crippen molar-refractivity contribution >= 4 is 19.8 Å². The molecule has 0 aromatic carbocycles. The van der Waals surface area contributed by atoms with E-state index < -0.39 is 45.1 Å². The molecular formula is C41H74NO9P. The summed E-state index contributed by atoms with van der Waals surface area (Å²) in [7, 11) is -4.62. The maximum absolute atomic E-state index is 12.6. The van der Waals surface area contributed by atoms with Crippen molar-refractivity contribution in [3.63, 3.8) is 0 Å². The minimum atomic E-state index is -4.62. The second-order valence-corrected chi connectivity index (χ2v) is 14.9. The number of hydrogen-bond acceptors (Lipinski definition) is 8. The second-order valence-electron chi connectivity index (χ2n) is 13.4. The Bertz CT molecular complexity index is 1010. The Balaban J connectivity index is 4.31. The molecule has 0 fully saturated rings. The molecule has 0 spiro atoms. The van der Waals surface area contributed by atoms with E-state index in [0.717, 1.165) is 77.0 Å². The number of carboxylic acid groups (broad SMARTS) is 1. The molecule has 0 radical (unpaired) electrons. The highest BCUT2D eigenvalue weighted by molar-refractivity contribution is 7.47. The number of rotatable bonds is 38. The topological polar surface area (TPSA) is 155 Å². The van der Waals surface area contributed by atoms with E-state index >= 15 is 0 Å². The second kappa shape index (κ2) is 37.3. The van der Waals surface area contributed by atoms with Crippen LogP contribution in [0, 0.1) is 0 Å². The van der Waals surface area contributed by atoms with Gasteiger partial charge in [-0.05, 0) is 70.6 Å². The molecule has 3 unspecified atom stereocenters. The van der Waals surface area contributed by atoms with E-state index in [1.807, 2.05) is 0 Å². The number of phosphoric ester groups is 1. The summed E-state index contributed by atoms with van der Waals surface area (Å²) in [6, 6.07) is -1.48. The van der Waals surface area contributed by atoms with Crippen molar-refractivity contribution in [2.45, 2.75) is 174 Å². The fourth-order valence-electron chi connectivity index (χ4n) is 5.14. The molecule has 52 heavy (non-hydrogen) atoms. The Morgan fingerprint density at radius 1 is 0.615 bits per heavy atom. The van der Waals surface area contributed by atoms with Crippen LogP contribution in [0.5, 0.6) is 0 Å². The minimum Gasteiger partial charge on any atom is -0.480 e. The molecule has 0 saturated heterocycles. The molecule has 3 atom stereocenters. The van der Waals surface area contributed by atoms with Gasteiger partial charge >= 0.3 is 19.8 Å². The SMILES string of the molecule is CCC/C=C\C/C=C\CCCCCCCC(=O)OC(COCCCCCCCC/C=C\C/C=C\CCCCCC)COP(=O)(O)OCC(N)C(=O)O. The third-order valence-electron chi connectivity index (χ3n) is 8.31. The van der Waals surface area contributed by atoms with Crippen molar-refractivity contribution in [3.05, 3.63) is 48.6 Å². The average molecular weight is 756 g/mol. The lowest BCUT2D eigenvalue weighted by Crippen LogP contribution is -2.34. The van der Waals surface area contributed by atoms with E-state index in [-0.39, 0.29) is 13.0 Å². The highest BCUT2D eigenvalue weighted by Crippen LogP contribution is 2.43. The zero-order valence-electron chi connectivity index (χ0n) is 32.6. The highest BCUT2D eigenvalue weighted by Gasteiger charge is 2.27. The lowest BCUT2D eigenvalue weighted by Gasteiger charge is -2.20. The van der Waals surface area contributed by atoms with E-state index in [2.05, 4.69) is 62.5 Å². The lowest BCUT2D eigenvalue weighted by molar-refractivity contribution is -0.154. The van der Waals surface area contributed by atoms with Crippen molar-refractivity contribution in [1.29, 1.82) is 0 Å². The van der Waals surface area contributed by atoms with Crippen molar-refractivity contribution in [3.8, 4) is 0 Å². The van der Waals surface area contributed by atoms with Gasteiger partial charge in [-0.25, -0.2) is 4.57 Å². The molecule has 0 saturated carbocycles. The van der Waals surface area contributed by atoms with Crippen LogP contribution in [0.2, 0.25) is 0 Å². The van der Waals surface area contributed by atoms with Crippen LogP contribution in [0.25, 0.3) is 0 Å². The number of carbonyl (C=O) groups is 2. The number of phosphoric acid groups is 1. The molecule has 11 heteroatoms. The molecule has 0 amide bonds. The summed E-state index contributed by atoms with van der Waals surface area (Å²) < 4.78 is 33.2. The quantitative estimate of drug-likeness (QED) is 0.0240. The number of allylic oxidation sites excluding steroid dienone is 8. The predicted molar refractivity (Wildman–Crippen MR) is 212 cm³/mol. The number of carboxylic acids is 1. The van der Waals surface area contributed by atoms with Gasteiger partial charge in [0.2, 0.25) is 0 Å². The van der Waals surface area contributed by atoms with Gasteiger partial charge < -0.3 is 25.2 Å². The van der Waals surface area contributed by atoms with Gasteiger partial charge in [0.15, 0.2) is 0 Å². The smallest absolute Gasteiger partial charge is 0.472 e. The third kappa shape index (κ3) is 36.3. The summed E-state index contributed by atoms with van der Waals surface area (Å²) in [4.78, 5) is 33.4. The third-order valence-corrected chi connectivity index (χ3v) is 9.26. The van der Waals surface area contributed by atoms with Crippen LogP contribution in [0.4, 0.5) is 0 Å². The van der Waals surface area contributed by atoms with Crippen molar-refractivity contribution in [2.24, 2.45) is 5.73 Å². The van der Waals surface area contributed by atoms with Crippen LogP contribution in [0.15, 0.2) is 48.6 Å². The number of hydrogen-bond donors (Lipinski definition) is 3. The van der Waals surface area contributed by atoms with E-state index in [1.165, 1.54) is 57.8 Å². The number of carbonyl (C=O) groups excluding carboxylic acids is 1. The van der Waals surface area contributed by atoms with Gasteiger partial charge in [-0.15, -0.1) is 0 Å². The van der Waals surface area contributed by atoms with Crippen LogP contribution >= 0.6 is 7.82 Å². The Morgan fingerprint density at radius 2 is 1.10 bits per heavy atom.